The van der Waals surface area contributed by atoms with Gasteiger partial charge in [0.1, 0.15) is 18.5 Å². The number of rotatable bonds is 8. The summed E-state index contributed by atoms with van der Waals surface area (Å²) in [6, 6.07) is 21.6. The molecule has 0 saturated carbocycles. The van der Waals surface area contributed by atoms with Crippen molar-refractivity contribution in [2.45, 2.75) is 31.5 Å². The summed E-state index contributed by atoms with van der Waals surface area (Å²) in [5.41, 5.74) is 6.13. The Kier molecular flexibility index (Phi) is 6.96. The number of aliphatic hydroxyl groups is 2. The van der Waals surface area contributed by atoms with Crippen LogP contribution >= 0.6 is 0 Å². The summed E-state index contributed by atoms with van der Waals surface area (Å²) in [4.78, 5) is 12.3. The van der Waals surface area contributed by atoms with Gasteiger partial charge in [0.2, 0.25) is 0 Å². The lowest BCUT2D eigenvalue weighted by Gasteiger charge is -2.19. The Morgan fingerprint density at radius 1 is 1.00 bits per heavy atom. The molecule has 1 aliphatic rings. The molecule has 3 aromatic rings. The molecule has 2 unspecified atom stereocenters. The third kappa shape index (κ3) is 4.87. The van der Waals surface area contributed by atoms with Crippen LogP contribution in [0.1, 0.15) is 40.7 Å². The zero-order chi connectivity index (χ0) is 23.4. The van der Waals surface area contributed by atoms with E-state index in [-0.39, 0.29) is 25.5 Å². The van der Waals surface area contributed by atoms with Crippen molar-refractivity contribution >= 4 is 6.09 Å². The van der Waals surface area contributed by atoms with Crippen LogP contribution in [-0.2, 0) is 4.74 Å². The van der Waals surface area contributed by atoms with Gasteiger partial charge in [0.15, 0.2) is 0 Å². The SMILES string of the molecule is COc1ccc(C(O)C(O)CCNC(=O)OCC2c3ccccc3-c3ccccc32)cc1C. The first-order chi connectivity index (χ1) is 16.0. The van der Waals surface area contributed by atoms with Crippen molar-refractivity contribution in [1.29, 1.82) is 0 Å². The van der Waals surface area contributed by atoms with Gasteiger partial charge in [-0.3, -0.25) is 0 Å². The largest absolute Gasteiger partial charge is 0.496 e. The molecule has 0 fully saturated rings. The van der Waals surface area contributed by atoms with Crippen molar-refractivity contribution < 1.29 is 24.5 Å². The number of hydrogen-bond donors (Lipinski definition) is 3. The highest BCUT2D eigenvalue weighted by atomic mass is 16.5. The van der Waals surface area contributed by atoms with Crippen molar-refractivity contribution in [1.82, 2.24) is 5.32 Å². The summed E-state index contributed by atoms with van der Waals surface area (Å²) in [6.07, 6.45) is -2.43. The zero-order valence-corrected chi connectivity index (χ0v) is 18.8. The van der Waals surface area contributed by atoms with Gasteiger partial charge < -0.3 is 25.0 Å². The van der Waals surface area contributed by atoms with Gasteiger partial charge in [0.25, 0.3) is 0 Å². The van der Waals surface area contributed by atoms with Crippen LogP contribution in [0.3, 0.4) is 0 Å². The Bertz CT molecular complexity index is 1080. The number of carbonyl (C=O) groups is 1. The third-order valence-electron chi connectivity index (χ3n) is 6.18. The van der Waals surface area contributed by atoms with E-state index < -0.39 is 18.3 Å². The molecular formula is C27H29NO5. The molecule has 2 atom stereocenters. The molecule has 172 valence electrons. The molecule has 1 amide bonds. The zero-order valence-electron chi connectivity index (χ0n) is 18.8. The average molecular weight is 448 g/mol. The molecule has 0 radical (unpaired) electrons. The van der Waals surface area contributed by atoms with Crippen LogP contribution in [-0.4, -0.2) is 42.7 Å². The summed E-state index contributed by atoms with van der Waals surface area (Å²) in [6.45, 7) is 2.29. The maximum Gasteiger partial charge on any atom is 0.407 e. The highest BCUT2D eigenvalue weighted by Crippen LogP contribution is 2.44. The second kappa shape index (κ2) is 10.1. The lowest BCUT2D eigenvalue weighted by Crippen LogP contribution is -2.30. The van der Waals surface area contributed by atoms with Gasteiger partial charge in [-0.25, -0.2) is 4.79 Å². The molecule has 33 heavy (non-hydrogen) atoms. The first kappa shape index (κ1) is 22.8. The van der Waals surface area contributed by atoms with Crippen molar-refractivity contribution in [3.05, 3.63) is 89.0 Å². The normalized spacial score (nSPS) is 14.2. The minimum atomic E-state index is -1.06. The number of carbonyl (C=O) groups excluding carboxylic acids is 1. The number of benzene rings is 3. The van der Waals surface area contributed by atoms with Crippen LogP contribution in [0.4, 0.5) is 4.79 Å². The van der Waals surface area contributed by atoms with Gasteiger partial charge in [0.05, 0.1) is 13.2 Å². The van der Waals surface area contributed by atoms with Gasteiger partial charge >= 0.3 is 6.09 Å². The minimum Gasteiger partial charge on any atom is -0.496 e. The standard InChI is InChI=1S/C27H29NO5/c1-17-15-18(11-12-25(17)32-2)26(30)24(29)13-14-28-27(31)33-16-23-21-9-5-3-7-19(21)20-8-4-6-10-22(20)23/h3-12,15,23-24,26,29-30H,13-14,16H2,1-2H3,(H,28,31). The molecule has 0 aromatic heterocycles. The lowest BCUT2D eigenvalue weighted by atomic mass is 9.98. The van der Waals surface area contributed by atoms with E-state index in [0.29, 0.717) is 5.56 Å². The van der Waals surface area contributed by atoms with Crippen LogP contribution in [0.25, 0.3) is 11.1 Å². The Balaban J connectivity index is 1.28. The number of methoxy groups -OCH3 is 1. The Morgan fingerprint density at radius 3 is 2.24 bits per heavy atom. The van der Waals surface area contributed by atoms with E-state index >= 15 is 0 Å². The monoisotopic (exact) mass is 447 g/mol. The summed E-state index contributed by atoms with van der Waals surface area (Å²) >= 11 is 0. The Labute approximate surface area is 193 Å². The van der Waals surface area contributed by atoms with E-state index in [1.54, 1.807) is 25.3 Å². The number of fused-ring (bicyclic) bond motifs is 3. The minimum absolute atomic E-state index is 0.00567. The predicted octanol–water partition coefficient (Wildman–Crippen LogP) is 4.33. The maximum absolute atomic E-state index is 12.3. The van der Waals surface area contributed by atoms with Gasteiger partial charge in [-0.05, 0) is 58.9 Å². The second-order valence-corrected chi connectivity index (χ2v) is 8.28. The fourth-order valence-electron chi connectivity index (χ4n) is 4.44. The molecule has 4 rings (SSSR count). The molecule has 0 heterocycles. The van der Waals surface area contributed by atoms with Crippen molar-refractivity contribution in [2.24, 2.45) is 0 Å². The molecule has 6 nitrogen and oxygen atoms in total. The number of aryl methyl sites for hydroxylation is 1. The molecule has 0 saturated heterocycles. The third-order valence-corrected chi connectivity index (χ3v) is 6.18. The number of alkyl carbamates (subject to hydrolysis) is 1. The van der Waals surface area contributed by atoms with Crippen LogP contribution in [0, 0.1) is 6.92 Å². The molecule has 0 aliphatic heterocycles. The highest BCUT2D eigenvalue weighted by molar-refractivity contribution is 5.79. The molecule has 0 bridgehead atoms. The van der Waals surface area contributed by atoms with E-state index in [1.807, 2.05) is 31.2 Å². The van der Waals surface area contributed by atoms with E-state index in [9.17, 15) is 15.0 Å². The average Bonchev–Trinajstić information content (AvgIpc) is 3.16. The predicted molar refractivity (Wildman–Crippen MR) is 126 cm³/mol. The van der Waals surface area contributed by atoms with Crippen LogP contribution in [0.2, 0.25) is 0 Å². The highest BCUT2D eigenvalue weighted by Gasteiger charge is 2.29. The van der Waals surface area contributed by atoms with Crippen LogP contribution in [0.5, 0.6) is 5.75 Å². The first-order valence-corrected chi connectivity index (χ1v) is 11.1. The topological polar surface area (TPSA) is 88.0 Å². The maximum atomic E-state index is 12.3. The number of aliphatic hydroxyl groups excluding tert-OH is 2. The van der Waals surface area contributed by atoms with Gasteiger partial charge in [-0.2, -0.15) is 0 Å². The lowest BCUT2D eigenvalue weighted by molar-refractivity contribution is 0.0136. The van der Waals surface area contributed by atoms with Gasteiger partial charge in [-0.1, -0.05) is 54.6 Å². The van der Waals surface area contributed by atoms with Crippen molar-refractivity contribution in [2.75, 3.05) is 20.3 Å². The fraction of sp³-hybridized carbons (Fsp3) is 0.296. The van der Waals surface area contributed by atoms with E-state index in [2.05, 4.69) is 29.6 Å². The van der Waals surface area contributed by atoms with E-state index in [0.717, 1.165) is 22.4 Å². The van der Waals surface area contributed by atoms with Gasteiger partial charge in [-0.15, -0.1) is 0 Å². The smallest absolute Gasteiger partial charge is 0.407 e. The fourth-order valence-corrected chi connectivity index (χ4v) is 4.44. The summed E-state index contributed by atoms with van der Waals surface area (Å²) < 4.78 is 10.7. The number of nitrogens with one attached hydrogen (secondary N) is 1. The van der Waals surface area contributed by atoms with E-state index in [1.165, 1.54) is 11.1 Å². The molecule has 3 aromatic carbocycles. The van der Waals surface area contributed by atoms with Crippen LogP contribution < -0.4 is 10.1 Å². The Morgan fingerprint density at radius 2 is 1.64 bits per heavy atom. The summed E-state index contributed by atoms with van der Waals surface area (Å²) in [7, 11) is 1.59. The Hall–Kier alpha value is -3.35. The summed E-state index contributed by atoms with van der Waals surface area (Å²) in [5.74, 6) is 0.714. The molecule has 6 heteroatoms. The molecule has 1 aliphatic carbocycles. The van der Waals surface area contributed by atoms with E-state index in [4.69, 9.17) is 9.47 Å². The number of amides is 1. The quantitative estimate of drug-likeness (QED) is 0.479. The first-order valence-electron chi connectivity index (χ1n) is 11.1. The van der Waals surface area contributed by atoms with Crippen molar-refractivity contribution in [3.63, 3.8) is 0 Å². The molecule has 3 N–H and O–H groups in total. The summed E-state index contributed by atoms with van der Waals surface area (Å²) in [5, 5.41) is 23.5. The van der Waals surface area contributed by atoms with Gasteiger partial charge in [0, 0.05) is 12.5 Å². The van der Waals surface area contributed by atoms with Crippen molar-refractivity contribution in [3.8, 4) is 16.9 Å². The molecular weight excluding hydrogens is 418 g/mol. The molecule has 0 spiro atoms. The second-order valence-electron chi connectivity index (χ2n) is 8.28. The van der Waals surface area contributed by atoms with Crippen LogP contribution in [0.15, 0.2) is 66.7 Å². The number of hydrogen-bond acceptors (Lipinski definition) is 5. The number of ether oxygens (including phenoxy) is 2.